The molecule has 0 saturated carbocycles. The minimum Gasteiger partial charge on any atom is -0.456 e. The number of carbonyl (C=O) groups excluding carboxylic acids is 1. The van der Waals surface area contributed by atoms with Crippen LogP contribution in [0.4, 0.5) is 0 Å². The normalized spacial score (nSPS) is 10.9. The van der Waals surface area contributed by atoms with Crippen molar-refractivity contribution in [2.75, 3.05) is 0 Å². The molecule has 0 unspecified atom stereocenters. The molecule has 0 atom stereocenters. The number of benzene rings is 3. The number of esters is 1. The van der Waals surface area contributed by atoms with Crippen molar-refractivity contribution < 1.29 is 19.5 Å². The molecule has 0 fully saturated rings. The number of aromatic nitrogens is 6. The van der Waals surface area contributed by atoms with Crippen molar-refractivity contribution in [1.29, 1.82) is 0 Å². The summed E-state index contributed by atoms with van der Waals surface area (Å²) in [5, 5.41) is 24.1. The largest absolute Gasteiger partial charge is 0.456 e. The molecule has 2 heterocycles. The molecule has 12 nitrogen and oxygen atoms in total. The SMILES string of the molecule is CCCCc1nc(Cl)c(C(=O)OCc2cccc(CO[N+](=O)[O-])c2)n1Cc1ccc(-c2ccccc2-c2nn[nH]n2)cc1. The smallest absolute Gasteiger partial charge is 0.358 e. The van der Waals surface area contributed by atoms with E-state index in [1.165, 1.54) is 0 Å². The van der Waals surface area contributed by atoms with Gasteiger partial charge < -0.3 is 14.1 Å². The number of unbranched alkanes of at least 4 members (excludes halogenated alkanes) is 1. The van der Waals surface area contributed by atoms with Crippen LogP contribution < -0.4 is 0 Å². The van der Waals surface area contributed by atoms with Gasteiger partial charge in [0.05, 0.1) is 0 Å². The molecule has 0 aliphatic carbocycles. The summed E-state index contributed by atoms with van der Waals surface area (Å²) in [6.45, 7) is 2.20. The van der Waals surface area contributed by atoms with Crippen molar-refractivity contribution in [3.8, 4) is 22.5 Å². The van der Waals surface area contributed by atoms with E-state index in [4.69, 9.17) is 16.3 Å². The minimum atomic E-state index is -0.852. The maximum Gasteiger partial charge on any atom is 0.358 e. The second kappa shape index (κ2) is 13.7. The predicted octanol–water partition coefficient (Wildman–Crippen LogP) is 5.84. The van der Waals surface area contributed by atoms with E-state index in [0.717, 1.165) is 35.1 Å². The van der Waals surface area contributed by atoms with Crippen molar-refractivity contribution in [3.05, 3.63) is 116 Å². The van der Waals surface area contributed by atoms with Gasteiger partial charge in [0, 0.05) is 18.5 Å². The summed E-state index contributed by atoms with van der Waals surface area (Å²) in [7, 11) is 0. The number of carbonyl (C=O) groups is 1. The molecule has 0 bridgehead atoms. The van der Waals surface area contributed by atoms with Crippen LogP contribution in [0.25, 0.3) is 22.5 Å². The second-order valence-corrected chi connectivity index (χ2v) is 10.1. The number of hydrogen-bond donors (Lipinski definition) is 1. The third-order valence-corrected chi connectivity index (χ3v) is 7.03. The van der Waals surface area contributed by atoms with Gasteiger partial charge in [0.25, 0.3) is 5.09 Å². The molecule has 0 saturated heterocycles. The summed E-state index contributed by atoms with van der Waals surface area (Å²) in [5.41, 5.74) is 5.15. The van der Waals surface area contributed by atoms with E-state index in [9.17, 15) is 14.9 Å². The van der Waals surface area contributed by atoms with Gasteiger partial charge in [0.2, 0.25) is 5.82 Å². The van der Waals surface area contributed by atoms with E-state index < -0.39 is 11.1 Å². The predicted molar refractivity (Wildman–Crippen MR) is 157 cm³/mol. The molecule has 220 valence electrons. The Labute approximate surface area is 251 Å². The summed E-state index contributed by atoms with van der Waals surface area (Å²) in [6, 6.07) is 22.7. The topological polar surface area (TPSA) is 151 Å². The highest BCUT2D eigenvalue weighted by Gasteiger charge is 2.24. The first kappa shape index (κ1) is 29.4. The van der Waals surface area contributed by atoms with E-state index in [2.05, 4.69) is 37.4 Å². The van der Waals surface area contributed by atoms with Gasteiger partial charge in [0.15, 0.2) is 10.8 Å². The highest BCUT2D eigenvalue weighted by molar-refractivity contribution is 6.32. The van der Waals surface area contributed by atoms with E-state index >= 15 is 0 Å². The highest BCUT2D eigenvalue weighted by atomic mass is 35.5. The number of tetrazole rings is 1. The standard InChI is InChI=1S/C30H28ClN7O5/c1-2-3-11-26-32-28(31)27(30(39)42-18-21-7-6-8-22(16-21)19-43-38(40)41)37(26)17-20-12-14-23(15-13-20)24-9-4-5-10-25(24)29-33-35-36-34-29/h4-10,12-16H,2-3,11,17-19H2,1H3,(H,33,34,35,36). The maximum absolute atomic E-state index is 13.3. The van der Waals surface area contributed by atoms with Gasteiger partial charge in [-0.05, 0) is 39.5 Å². The maximum atomic E-state index is 13.3. The van der Waals surface area contributed by atoms with Crippen LogP contribution in [0.1, 0.15) is 52.8 Å². The van der Waals surface area contributed by atoms with Gasteiger partial charge in [-0.3, -0.25) is 0 Å². The number of imidazole rings is 1. The number of rotatable bonds is 13. The Hall–Kier alpha value is -5.10. The van der Waals surface area contributed by atoms with Gasteiger partial charge in [0.1, 0.15) is 19.0 Å². The Kier molecular flexibility index (Phi) is 9.37. The monoisotopic (exact) mass is 601 g/mol. The number of aromatic amines is 1. The zero-order valence-corrected chi connectivity index (χ0v) is 24.0. The summed E-state index contributed by atoms with van der Waals surface area (Å²) < 4.78 is 7.43. The zero-order chi connectivity index (χ0) is 30.2. The molecule has 3 aromatic carbocycles. The van der Waals surface area contributed by atoms with Crippen LogP contribution in [-0.4, -0.2) is 41.2 Å². The minimum absolute atomic E-state index is 0.0502. The van der Waals surface area contributed by atoms with E-state index in [1.807, 2.05) is 53.1 Å². The zero-order valence-electron chi connectivity index (χ0n) is 23.3. The van der Waals surface area contributed by atoms with Crippen LogP contribution in [0.3, 0.4) is 0 Å². The summed E-state index contributed by atoms with van der Waals surface area (Å²) >= 11 is 6.51. The fourth-order valence-corrected chi connectivity index (χ4v) is 4.97. The number of nitrogens with one attached hydrogen (secondary N) is 1. The summed E-state index contributed by atoms with van der Waals surface area (Å²) in [5.74, 6) is 0.593. The molecule has 43 heavy (non-hydrogen) atoms. The van der Waals surface area contributed by atoms with Crippen LogP contribution >= 0.6 is 11.6 Å². The van der Waals surface area contributed by atoms with Crippen molar-refractivity contribution in [1.82, 2.24) is 30.2 Å². The van der Waals surface area contributed by atoms with Crippen LogP contribution in [0, 0.1) is 10.1 Å². The first-order chi connectivity index (χ1) is 20.9. The lowest BCUT2D eigenvalue weighted by atomic mass is 9.98. The molecular formula is C30H28ClN7O5. The molecule has 2 aromatic heterocycles. The van der Waals surface area contributed by atoms with Crippen LogP contribution in [0.5, 0.6) is 0 Å². The molecule has 0 spiro atoms. The molecule has 5 rings (SSSR count). The lowest BCUT2D eigenvalue weighted by Crippen LogP contribution is -2.15. The fraction of sp³-hybridized carbons (Fsp3) is 0.233. The first-order valence-corrected chi connectivity index (χ1v) is 14.0. The number of halogens is 1. The Morgan fingerprint density at radius 2 is 1.74 bits per heavy atom. The van der Waals surface area contributed by atoms with Gasteiger partial charge >= 0.3 is 5.97 Å². The molecule has 1 N–H and O–H groups in total. The quantitative estimate of drug-likeness (QED) is 0.0996. The Morgan fingerprint density at radius 1 is 1.00 bits per heavy atom. The van der Waals surface area contributed by atoms with Crippen LogP contribution in [0.15, 0.2) is 72.8 Å². The Balaban J connectivity index is 1.36. The van der Waals surface area contributed by atoms with Crippen molar-refractivity contribution in [2.24, 2.45) is 0 Å². The number of ether oxygens (including phenoxy) is 1. The second-order valence-electron chi connectivity index (χ2n) is 9.73. The molecule has 13 heteroatoms. The van der Waals surface area contributed by atoms with Crippen LogP contribution in [-0.2, 0) is 35.8 Å². The van der Waals surface area contributed by atoms with Crippen molar-refractivity contribution >= 4 is 17.6 Å². The third kappa shape index (κ3) is 7.22. The number of nitrogens with zero attached hydrogens (tertiary/aromatic N) is 6. The van der Waals surface area contributed by atoms with Gasteiger partial charge in [-0.15, -0.1) is 20.3 Å². The average molecular weight is 602 g/mol. The number of aryl methyl sites for hydroxylation is 1. The molecule has 0 aliphatic heterocycles. The Bertz CT molecular complexity index is 1700. The lowest BCUT2D eigenvalue weighted by molar-refractivity contribution is -0.763. The third-order valence-electron chi connectivity index (χ3n) is 6.77. The molecule has 5 aromatic rings. The molecule has 0 radical (unpaired) electrons. The average Bonchev–Trinajstić information content (AvgIpc) is 3.66. The van der Waals surface area contributed by atoms with E-state index in [1.54, 1.807) is 24.3 Å². The first-order valence-electron chi connectivity index (χ1n) is 13.6. The number of hydrogen-bond acceptors (Lipinski definition) is 9. The van der Waals surface area contributed by atoms with Crippen LogP contribution in [0.2, 0.25) is 5.15 Å². The molecular weight excluding hydrogens is 574 g/mol. The van der Waals surface area contributed by atoms with Gasteiger partial charge in [-0.2, -0.15) is 5.21 Å². The lowest BCUT2D eigenvalue weighted by Gasteiger charge is -2.13. The molecule has 0 amide bonds. The Morgan fingerprint density at radius 3 is 2.44 bits per heavy atom. The van der Waals surface area contributed by atoms with E-state index in [-0.39, 0.29) is 24.1 Å². The molecule has 0 aliphatic rings. The van der Waals surface area contributed by atoms with Gasteiger partial charge in [-0.1, -0.05) is 97.7 Å². The number of H-pyrrole nitrogens is 1. The fourth-order valence-electron chi connectivity index (χ4n) is 4.69. The summed E-state index contributed by atoms with van der Waals surface area (Å²) in [6.07, 6.45) is 2.49. The summed E-state index contributed by atoms with van der Waals surface area (Å²) in [4.78, 5) is 32.8. The van der Waals surface area contributed by atoms with Crippen molar-refractivity contribution in [2.45, 2.75) is 45.9 Å². The van der Waals surface area contributed by atoms with Crippen molar-refractivity contribution in [3.63, 3.8) is 0 Å². The van der Waals surface area contributed by atoms with Gasteiger partial charge in [-0.25, -0.2) is 9.78 Å². The highest BCUT2D eigenvalue weighted by Crippen LogP contribution is 2.30. The van der Waals surface area contributed by atoms with E-state index in [0.29, 0.717) is 35.7 Å².